The third kappa shape index (κ3) is 5.46. The first-order valence-electron chi connectivity index (χ1n) is 10.6. The highest BCUT2D eigenvalue weighted by molar-refractivity contribution is 5.94. The number of halogens is 3. The maximum Gasteiger partial charge on any atom is 0.417 e. The van der Waals surface area contributed by atoms with E-state index >= 15 is 0 Å². The largest absolute Gasteiger partial charge is 0.417 e. The van der Waals surface area contributed by atoms with E-state index in [0.29, 0.717) is 51.4 Å². The molecule has 1 amide bonds. The molecule has 1 aromatic carbocycles. The Bertz CT molecular complexity index is 984. The number of piperazine rings is 1. The van der Waals surface area contributed by atoms with Gasteiger partial charge in [-0.25, -0.2) is 4.98 Å². The lowest BCUT2D eigenvalue weighted by Gasteiger charge is -2.36. The van der Waals surface area contributed by atoms with Crippen molar-refractivity contribution >= 4 is 23.5 Å². The zero-order valence-corrected chi connectivity index (χ0v) is 17.5. The molecule has 2 aliphatic heterocycles. The van der Waals surface area contributed by atoms with Crippen LogP contribution in [0, 0.1) is 0 Å². The number of aliphatic hydroxyl groups is 1. The van der Waals surface area contributed by atoms with Crippen LogP contribution in [0.15, 0.2) is 42.6 Å². The zero-order valence-electron chi connectivity index (χ0n) is 17.5. The Morgan fingerprint density at radius 3 is 2.59 bits per heavy atom. The SMILES string of the molecule is O=C1CCc2cc(C=CC(O)CN3CCN(c4ccc(C(F)(F)F)cn4)CC3)ccc2N1. The minimum atomic E-state index is -4.39. The molecule has 2 aromatic rings. The second kappa shape index (κ2) is 9.30. The van der Waals surface area contributed by atoms with Crippen LogP contribution >= 0.6 is 0 Å². The maximum atomic E-state index is 12.7. The number of nitrogens with one attached hydrogen (secondary N) is 1. The first kappa shape index (κ1) is 22.3. The van der Waals surface area contributed by atoms with Gasteiger partial charge in [0.2, 0.25) is 5.91 Å². The number of hydrogen-bond acceptors (Lipinski definition) is 5. The first-order valence-corrected chi connectivity index (χ1v) is 10.6. The topological polar surface area (TPSA) is 68.7 Å². The third-order valence-electron chi connectivity index (χ3n) is 5.75. The van der Waals surface area contributed by atoms with E-state index < -0.39 is 17.8 Å². The van der Waals surface area contributed by atoms with E-state index in [1.165, 1.54) is 6.07 Å². The van der Waals surface area contributed by atoms with Gasteiger partial charge in [-0.15, -0.1) is 0 Å². The van der Waals surface area contributed by atoms with Gasteiger partial charge in [-0.05, 0) is 41.8 Å². The van der Waals surface area contributed by atoms with Crippen molar-refractivity contribution in [3.05, 3.63) is 59.3 Å². The lowest BCUT2D eigenvalue weighted by molar-refractivity contribution is -0.137. The molecular weight excluding hydrogens is 421 g/mol. The molecule has 1 atom stereocenters. The summed E-state index contributed by atoms with van der Waals surface area (Å²) in [5, 5.41) is 13.3. The van der Waals surface area contributed by atoms with Crippen molar-refractivity contribution in [2.24, 2.45) is 0 Å². The van der Waals surface area contributed by atoms with Crippen molar-refractivity contribution in [3.63, 3.8) is 0 Å². The summed E-state index contributed by atoms with van der Waals surface area (Å²) in [5.74, 6) is 0.562. The number of aliphatic hydroxyl groups excluding tert-OH is 1. The van der Waals surface area contributed by atoms with E-state index in [2.05, 4.69) is 15.2 Å². The number of hydrogen-bond donors (Lipinski definition) is 2. The number of carbonyl (C=O) groups excluding carboxylic acids is 1. The highest BCUT2D eigenvalue weighted by atomic mass is 19.4. The Morgan fingerprint density at radius 2 is 1.91 bits per heavy atom. The lowest BCUT2D eigenvalue weighted by Crippen LogP contribution is -2.48. The molecule has 9 heteroatoms. The van der Waals surface area contributed by atoms with Crippen LogP contribution in [0.4, 0.5) is 24.7 Å². The Labute approximate surface area is 184 Å². The standard InChI is InChI=1S/C23H25F3N4O2/c24-23(25,26)18-4-7-21(27-14-18)30-11-9-29(10-12-30)15-19(31)5-1-16-2-6-20-17(13-16)3-8-22(32)28-20/h1-2,4-7,13-14,19,31H,3,8-12,15H2,(H,28,32). The van der Waals surface area contributed by atoms with Crippen LogP contribution in [0.25, 0.3) is 6.08 Å². The highest BCUT2D eigenvalue weighted by Crippen LogP contribution is 2.29. The Morgan fingerprint density at radius 1 is 1.12 bits per heavy atom. The molecule has 1 aromatic heterocycles. The number of fused-ring (bicyclic) bond motifs is 1. The second-order valence-corrected chi connectivity index (χ2v) is 8.08. The molecule has 2 aliphatic rings. The summed E-state index contributed by atoms with van der Waals surface area (Å²) in [6.07, 6.45) is 0.673. The fourth-order valence-electron chi connectivity index (χ4n) is 3.95. The fourth-order valence-corrected chi connectivity index (χ4v) is 3.95. The molecule has 6 nitrogen and oxygen atoms in total. The summed E-state index contributed by atoms with van der Waals surface area (Å²) in [7, 11) is 0. The molecule has 0 aliphatic carbocycles. The summed E-state index contributed by atoms with van der Waals surface area (Å²) in [5.41, 5.74) is 2.16. The molecule has 2 N–H and O–H groups in total. The molecule has 1 unspecified atom stereocenters. The summed E-state index contributed by atoms with van der Waals surface area (Å²) < 4.78 is 38.1. The van der Waals surface area contributed by atoms with Gasteiger partial charge in [-0.1, -0.05) is 18.2 Å². The van der Waals surface area contributed by atoms with Crippen molar-refractivity contribution in [1.82, 2.24) is 9.88 Å². The van der Waals surface area contributed by atoms with Gasteiger partial charge in [0.1, 0.15) is 5.82 Å². The maximum absolute atomic E-state index is 12.7. The van der Waals surface area contributed by atoms with E-state index in [-0.39, 0.29) is 5.91 Å². The molecule has 0 bridgehead atoms. The van der Waals surface area contributed by atoms with Crippen LogP contribution in [0.5, 0.6) is 0 Å². The van der Waals surface area contributed by atoms with Gasteiger partial charge in [0.25, 0.3) is 0 Å². The van der Waals surface area contributed by atoms with Gasteiger partial charge in [0, 0.05) is 51.0 Å². The molecule has 0 radical (unpaired) electrons. The summed E-state index contributed by atoms with van der Waals surface area (Å²) in [4.78, 5) is 19.5. The van der Waals surface area contributed by atoms with E-state index in [9.17, 15) is 23.1 Å². The lowest BCUT2D eigenvalue weighted by atomic mass is 10.00. The monoisotopic (exact) mass is 446 g/mol. The number of β-amino-alcohol motifs (C(OH)–C–C–N with tert-alkyl or cyclic N) is 1. The Balaban J connectivity index is 1.26. The number of pyridine rings is 1. The van der Waals surface area contributed by atoms with Gasteiger partial charge in [0.05, 0.1) is 11.7 Å². The number of benzene rings is 1. The van der Waals surface area contributed by atoms with Gasteiger partial charge in [-0.3, -0.25) is 9.69 Å². The summed E-state index contributed by atoms with van der Waals surface area (Å²) >= 11 is 0. The number of amides is 1. The number of alkyl halides is 3. The second-order valence-electron chi connectivity index (χ2n) is 8.08. The molecule has 32 heavy (non-hydrogen) atoms. The predicted octanol–water partition coefficient (Wildman–Crippen LogP) is 3.18. The molecule has 0 saturated carbocycles. The quantitative estimate of drug-likeness (QED) is 0.739. The van der Waals surface area contributed by atoms with Crippen LogP contribution in [0.2, 0.25) is 0 Å². The van der Waals surface area contributed by atoms with Crippen LogP contribution < -0.4 is 10.2 Å². The number of carbonyl (C=O) groups is 1. The van der Waals surface area contributed by atoms with E-state index in [1.807, 2.05) is 29.2 Å². The number of rotatable bonds is 5. The predicted molar refractivity (Wildman–Crippen MR) is 116 cm³/mol. The molecule has 1 saturated heterocycles. The van der Waals surface area contributed by atoms with Gasteiger partial charge >= 0.3 is 6.18 Å². The minimum Gasteiger partial charge on any atom is -0.388 e. The van der Waals surface area contributed by atoms with Gasteiger partial charge < -0.3 is 15.3 Å². The number of anilines is 2. The van der Waals surface area contributed by atoms with E-state index in [1.54, 1.807) is 6.08 Å². The van der Waals surface area contributed by atoms with E-state index in [4.69, 9.17) is 0 Å². The van der Waals surface area contributed by atoms with Crippen molar-refractivity contribution in [2.45, 2.75) is 25.1 Å². The van der Waals surface area contributed by atoms with Crippen LogP contribution in [-0.2, 0) is 17.4 Å². The van der Waals surface area contributed by atoms with Crippen molar-refractivity contribution in [1.29, 1.82) is 0 Å². The zero-order chi connectivity index (χ0) is 22.7. The number of aryl methyl sites for hydroxylation is 1. The Hall–Kier alpha value is -2.91. The van der Waals surface area contributed by atoms with Gasteiger partial charge in [0.15, 0.2) is 0 Å². The molecule has 170 valence electrons. The molecule has 4 rings (SSSR count). The smallest absolute Gasteiger partial charge is 0.388 e. The number of nitrogens with zero attached hydrogens (tertiary/aromatic N) is 3. The van der Waals surface area contributed by atoms with Crippen LogP contribution in [-0.4, -0.2) is 59.7 Å². The van der Waals surface area contributed by atoms with Crippen LogP contribution in [0.3, 0.4) is 0 Å². The van der Waals surface area contributed by atoms with Crippen molar-refractivity contribution in [3.8, 4) is 0 Å². The van der Waals surface area contributed by atoms with Crippen molar-refractivity contribution in [2.75, 3.05) is 42.9 Å². The molecule has 3 heterocycles. The summed E-state index contributed by atoms with van der Waals surface area (Å²) in [6.45, 7) is 3.11. The molecular formula is C23H25F3N4O2. The average Bonchev–Trinajstić information content (AvgIpc) is 2.78. The normalized spacial score (nSPS) is 18.5. The number of aromatic nitrogens is 1. The van der Waals surface area contributed by atoms with E-state index in [0.717, 1.165) is 29.1 Å². The molecule has 1 fully saturated rings. The Kier molecular flexibility index (Phi) is 6.48. The summed E-state index contributed by atoms with van der Waals surface area (Å²) in [6, 6.07) is 8.27. The minimum absolute atomic E-state index is 0.0328. The fraction of sp³-hybridized carbons (Fsp3) is 0.391. The van der Waals surface area contributed by atoms with Crippen molar-refractivity contribution < 1.29 is 23.1 Å². The highest BCUT2D eigenvalue weighted by Gasteiger charge is 2.31. The van der Waals surface area contributed by atoms with Crippen LogP contribution in [0.1, 0.15) is 23.1 Å². The first-order chi connectivity index (χ1) is 15.3. The third-order valence-corrected chi connectivity index (χ3v) is 5.75. The average molecular weight is 446 g/mol. The molecule has 0 spiro atoms. The van der Waals surface area contributed by atoms with Gasteiger partial charge in [-0.2, -0.15) is 13.2 Å².